The van der Waals surface area contributed by atoms with Crippen LogP contribution in [0.25, 0.3) is 11.0 Å². The number of fused-ring (bicyclic) bond motifs is 1. The van der Waals surface area contributed by atoms with Gasteiger partial charge < -0.3 is 19.4 Å². The van der Waals surface area contributed by atoms with Crippen LogP contribution in [0.2, 0.25) is 0 Å². The lowest BCUT2D eigenvalue weighted by atomic mass is 9.85. The van der Waals surface area contributed by atoms with Gasteiger partial charge in [0.25, 0.3) is 5.91 Å². The fourth-order valence-corrected chi connectivity index (χ4v) is 5.28. The number of furan rings is 1. The summed E-state index contributed by atoms with van der Waals surface area (Å²) in [4.78, 5) is 29.2. The highest BCUT2D eigenvalue weighted by Crippen LogP contribution is 2.37. The molecular weight excluding hydrogens is 430 g/mol. The predicted octanol–water partition coefficient (Wildman–Crippen LogP) is 5.59. The molecular formula is C27H35N3O4. The number of aromatic nitrogens is 2. The van der Waals surface area contributed by atoms with E-state index in [0.717, 1.165) is 29.0 Å². The Morgan fingerprint density at radius 3 is 2.71 bits per heavy atom. The normalized spacial score (nSPS) is 19.4. The molecule has 7 nitrogen and oxygen atoms in total. The fourth-order valence-electron chi connectivity index (χ4n) is 5.28. The lowest BCUT2D eigenvalue weighted by Gasteiger charge is -2.31. The molecule has 1 aliphatic carbocycles. The number of rotatable bonds is 9. The molecule has 1 aliphatic rings. The van der Waals surface area contributed by atoms with Crippen molar-refractivity contribution < 1.29 is 19.1 Å². The van der Waals surface area contributed by atoms with Gasteiger partial charge in [0.05, 0.1) is 30.1 Å². The lowest BCUT2D eigenvalue weighted by Crippen LogP contribution is -2.37. The summed E-state index contributed by atoms with van der Waals surface area (Å²) in [5, 5.41) is 12.2. The Labute approximate surface area is 200 Å². The molecule has 0 radical (unpaired) electrons. The molecule has 0 saturated heterocycles. The molecule has 2 heterocycles. The molecule has 1 saturated carbocycles. The van der Waals surface area contributed by atoms with E-state index in [1.54, 1.807) is 6.26 Å². The maximum Gasteiger partial charge on any atom is 0.305 e. The minimum atomic E-state index is -0.913. The summed E-state index contributed by atoms with van der Waals surface area (Å²) in [6.07, 6.45) is 7.58. The smallest absolute Gasteiger partial charge is 0.305 e. The maximum absolute atomic E-state index is 13.0. The highest BCUT2D eigenvalue weighted by atomic mass is 16.4. The topological polar surface area (TPSA) is 97.4 Å². The van der Waals surface area contributed by atoms with Gasteiger partial charge in [-0.2, -0.15) is 0 Å². The van der Waals surface area contributed by atoms with E-state index >= 15 is 0 Å². The Hall–Kier alpha value is -3.09. The fraction of sp³-hybridized carbons (Fsp3) is 0.519. The predicted molar refractivity (Wildman–Crippen MR) is 131 cm³/mol. The van der Waals surface area contributed by atoms with Crippen LogP contribution >= 0.6 is 0 Å². The van der Waals surface area contributed by atoms with E-state index in [1.807, 2.05) is 44.2 Å². The van der Waals surface area contributed by atoms with Gasteiger partial charge in [0.2, 0.25) is 0 Å². The van der Waals surface area contributed by atoms with E-state index in [1.165, 1.54) is 19.3 Å². The van der Waals surface area contributed by atoms with Gasteiger partial charge in [0.1, 0.15) is 11.6 Å². The van der Waals surface area contributed by atoms with Gasteiger partial charge in [-0.05, 0) is 61.4 Å². The van der Waals surface area contributed by atoms with Crippen molar-refractivity contribution in [2.24, 2.45) is 11.8 Å². The first-order valence-corrected chi connectivity index (χ1v) is 12.4. The zero-order valence-electron chi connectivity index (χ0n) is 20.3. The minimum Gasteiger partial charge on any atom is -0.481 e. The third kappa shape index (κ3) is 5.51. The van der Waals surface area contributed by atoms with Crippen molar-refractivity contribution in [3.8, 4) is 0 Å². The van der Waals surface area contributed by atoms with Gasteiger partial charge in [-0.1, -0.05) is 33.6 Å². The summed E-state index contributed by atoms with van der Waals surface area (Å²) in [6, 6.07) is 9.45. The Morgan fingerprint density at radius 2 is 2.03 bits per heavy atom. The number of carbonyl (C=O) groups excluding carboxylic acids is 1. The first-order valence-electron chi connectivity index (χ1n) is 12.4. The number of nitrogens with zero attached hydrogens (tertiary/aromatic N) is 2. The molecule has 182 valence electrons. The van der Waals surface area contributed by atoms with Crippen LogP contribution < -0.4 is 5.32 Å². The zero-order chi connectivity index (χ0) is 24.2. The molecule has 3 unspecified atom stereocenters. The van der Waals surface area contributed by atoms with Crippen LogP contribution in [0.3, 0.4) is 0 Å². The molecule has 34 heavy (non-hydrogen) atoms. The molecule has 1 aromatic carbocycles. The number of hydrogen-bond donors (Lipinski definition) is 2. The minimum absolute atomic E-state index is 0.0896. The Morgan fingerprint density at radius 1 is 1.24 bits per heavy atom. The van der Waals surface area contributed by atoms with Crippen LogP contribution in [0.5, 0.6) is 0 Å². The van der Waals surface area contributed by atoms with Gasteiger partial charge in [-0.3, -0.25) is 9.59 Å². The number of imidazole rings is 1. The second-order valence-electron chi connectivity index (χ2n) is 10.1. The standard InChI is InChI=1S/C27H35N3O4/c1-17(2)13-20(15-26(31)32)28-27(33)19-10-11-24-22(14-19)29-25(16-21-8-6-12-34-21)30(24)23-9-5-4-7-18(23)3/h6,8,10-12,14,17-18,20,23H,4-5,7,9,13,15-16H2,1-3H3,(H,28,33)(H,31,32). The second-order valence-corrected chi connectivity index (χ2v) is 10.1. The third-order valence-electron chi connectivity index (χ3n) is 6.85. The first-order chi connectivity index (χ1) is 16.3. The zero-order valence-corrected chi connectivity index (χ0v) is 20.3. The summed E-state index contributed by atoms with van der Waals surface area (Å²) in [6.45, 7) is 6.35. The molecule has 1 amide bonds. The van der Waals surface area contributed by atoms with Crippen LogP contribution in [0.1, 0.15) is 87.3 Å². The molecule has 1 fully saturated rings. The highest BCUT2D eigenvalue weighted by molar-refractivity contribution is 5.97. The first kappa shape index (κ1) is 24.0. The molecule has 3 aromatic rings. The van der Waals surface area contributed by atoms with E-state index in [4.69, 9.17) is 9.40 Å². The maximum atomic E-state index is 13.0. The SMILES string of the molecule is CC(C)CC(CC(=O)O)NC(=O)c1ccc2c(c1)nc(Cc1ccco1)n2C1CCCCC1C. The van der Waals surface area contributed by atoms with Gasteiger partial charge in [0, 0.05) is 17.6 Å². The number of amides is 1. The van der Waals surface area contributed by atoms with Gasteiger partial charge in [0.15, 0.2) is 0 Å². The van der Waals surface area contributed by atoms with Crippen molar-refractivity contribution in [2.75, 3.05) is 0 Å². The number of hydrogen-bond acceptors (Lipinski definition) is 4. The van der Waals surface area contributed by atoms with Gasteiger partial charge in [-0.25, -0.2) is 4.98 Å². The monoisotopic (exact) mass is 465 g/mol. The Kier molecular flexibility index (Phi) is 7.39. The van der Waals surface area contributed by atoms with Crippen LogP contribution in [-0.2, 0) is 11.2 Å². The third-order valence-corrected chi connectivity index (χ3v) is 6.85. The van der Waals surface area contributed by atoms with E-state index < -0.39 is 12.0 Å². The van der Waals surface area contributed by atoms with E-state index in [2.05, 4.69) is 16.8 Å². The van der Waals surface area contributed by atoms with Crippen LogP contribution in [0, 0.1) is 11.8 Å². The largest absolute Gasteiger partial charge is 0.481 e. The summed E-state index contributed by atoms with van der Waals surface area (Å²) >= 11 is 0. The van der Waals surface area contributed by atoms with Crippen molar-refractivity contribution in [1.29, 1.82) is 0 Å². The molecule has 4 rings (SSSR count). The highest BCUT2D eigenvalue weighted by Gasteiger charge is 2.28. The van der Waals surface area contributed by atoms with Crippen molar-refractivity contribution in [3.05, 3.63) is 53.7 Å². The quantitative estimate of drug-likeness (QED) is 0.429. The molecule has 0 aliphatic heterocycles. The number of benzene rings is 1. The summed E-state index contributed by atoms with van der Waals surface area (Å²) in [7, 11) is 0. The molecule has 2 N–H and O–H groups in total. The number of carbonyl (C=O) groups is 2. The van der Waals surface area contributed by atoms with Crippen LogP contribution in [0.4, 0.5) is 0 Å². The molecule has 0 spiro atoms. The molecule has 2 aromatic heterocycles. The Bertz CT molecular complexity index is 1130. The number of nitrogens with one attached hydrogen (secondary N) is 1. The second kappa shape index (κ2) is 10.5. The summed E-state index contributed by atoms with van der Waals surface area (Å²) in [5.74, 6) is 1.47. The van der Waals surface area contributed by atoms with Crippen molar-refractivity contribution in [3.63, 3.8) is 0 Å². The van der Waals surface area contributed by atoms with Crippen LogP contribution in [-0.4, -0.2) is 32.6 Å². The average molecular weight is 466 g/mol. The van der Waals surface area contributed by atoms with E-state index in [9.17, 15) is 14.7 Å². The average Bonchev–Trinajstić information content (AvgIpc) is 3.40. The van der Waals surface area contributed by atoms with Crippen molar-refractivity contribution >= 4 is 22.9 Å². The van der Waals surface area contributed by atoms with Crippen molar-refractivity contribution in [1.82, 2.24) is 14.9 Å². The van der Waals surface area contributed by atoms with Gasteiger partial charge >= 0.3 is 5.97 Å². The van der Waals surface area contributed by atoms with E-state index in [0.29, 0.717) is 30.4 Å². The number of carboxylic acid groups (broad SMARTS) is 1. The summed E-state index contributed by atoms with van der Waals surface area (Å²) in [5.41, 5.74) is 2.31. The molecule has 0 bridgehead atoms. The molecule has 7 heteroatoms. The Balaban J connectivity index is 1.66. The van der Waals surface area contributed by atoms with Crippen LogP contribution in [0.15, 0.2) is 41.0 Å². The lowest BCUT2D eigenvalue weighted by molar-refractivity contribution is -0.137. The number of aliphatic carboxylic acids is 1. The summed E-state index contributed by atoms with van der Waals surface area (Å²) < 4.78 is 7.96. The van der Waals surface area contributed by atoms with Gasteiger partial charge in [-0.15, -0.1) is 0 Å². The molecule has 3 atom stereocenters. The number of carboxylic acids is 1. The van der Waals surface area contributed by atoms with Crippen molar-refractivity contribution in [2.45, 2.75) is 77.8 Å². The van der Waals surface area contributed by atoms with E-state index in [-0.39, 0.29) is 18.2 Å².